The van der Waals surface area contributed by atoms with Crippen molar-refractivity contribution in [3.05, 3.63) is 11.4 Å². The van der Waals surface area contributed by atoms with E-state index in [-0.39, 0.29) is 11.9 Å². The van der Waals surface area contributed by atoms with Gasteiger partial charge in [-0.25, -0.2) is 0 Å². The second-order valence-electron chi connectivity index (χ2n) is 4.22. The lowest BCUT2D eigenvalue weighted by Gasteiger charge is -2.10. The minimum atomic E-state index is -0.173. The fourth-order valence-corrected chi connectivity index (χ4v) is 2.03. The summed E-state index contributed by atoms with van der Waals surface area (Å²) in [7, 11) is 1.73. The lowest BCUT2D eigenvalue weighted by Crippen LogP contribution is -2.36. The van der Waals surface area contributed by atoms with Crippen LogP contribution in [0.15, 0.2) is 0 Å². The van der Waals surface area contributed by atoms with Crippen molar-refractivity contribution in [3.63, 3.8) is 0 Å². The van der Waals surface area contributed by atoms with E-state index in [4.69, 9.17) is 10.5 Å². The molecule has 1 atom stereocenters. The quantitative estimate of drug-likeness (QED) is 0.781. The van der Waals surface area contributed by atoms with Gasteiger partial charge in [0.05, 0.1) is 24.0 Å². The predicted octanol–water partition coefficient (Wildman–Crippen LogP) is 0.0834. The number of hydrogen-bond donors (Lipinski definition) is 2. The Labute approximate surface area is 100 Å². The molecule has 2 rings (SSSR count). The first-order valence-corrected chi connectivity index (χ1v) is 5.83. The normalized spacial score (nSPS) is 19.5. The Kier molecular flexibility index (Phi) is 3.33. The Balaban J connectivity index is 2.15. The molecule has 1 unspecified atom stereocenters. The average Bonchev–Trinajstić information content (AvgIpc) is 2.87. The minimum absolute atomic E-state index is 0.0851. The van der Waals surface area contributed by atoms with Crippen LogP contribution < -0.4 is 11.1 Å². The number of aromatic nitrogens is 2. The van der Waals surface area contributed by atoms with Crippen LogP contribution in [0.25, 0.3) is 0 Å². The summed E-state index contributed by atoms with van der Waals surface area (Å²) in [6.07, 6.45) is 1.57. The fourth-order valence-electron chi connectivity index (χ4n) is 2.03. The molecule has 6 nitrogen and oxygen atoms in total. The molecule has 17 heavy (non-hydrogen) atoms. The Bertz CT molecular complexity index is 421. The largest absolute Gasteiger partial charge is 0.395 e. The number of rotatable bonds is 3. The first-order valence-electron chi connectivity index (χ1n) is 5.83. The Morgan fingerprint density at radius 1 is 1.71 bits per heavy atom. The van der Waals surface area contributed by atoms with Crippen LogP contribution in [-0.4, -0.2) is 34.9 Å². The highest BCUT2D eigenvalue weighted by atomic mass is 16.5. The van der Waals surface area contributed by atoms with Gasteiger partial charge in [0.1, 0.15) is 5.69 Å². The van der Waals surface area contributed by atoms with E-state index in [9.17, 15) is 4.79 Å². The SMILES string of the molecule is CCc1nn(C)c(C(=O)NC2CCOC2)c1N. The number of nitrogens with one attached hydrogen (secondary N) is 1. The molecule has 0 spiro atoms. The van der Waals surface area contributed by atoms with Gasteiger partial charge < -0.3 is 15.8 Å². The van der Waals surface area contributed by atoms with E-state index >= 15 is 0 Å². The molecule has 1 aromatic heterocycles. The van der Waals surface area contributed by atoms with Gasteiger partial charge in [0.2, 0.25) is 0 Å². The third-order valence-electron chi connectivity index (χ3n) is 2.98. The molecule has 2 heterocycles. The maximum absolute atomic E-state index is 12.1. The zero-order valence-electron chi connectivity index (χ0n) is 10.2. The van der Waals surface area contributed by atoms with E-state index in [1.807, 2.05) is 6.92 Å². The van der Waals surface area contributed by atoms with Crippen molar-refractivity contribution in [2.45, 2.75) is 25.8 Å². The molecule has 1 fully saturated rings. The average molecular weight is 238 g/mol. The highest BCUT2D eigenvalue weighted by Gasteiger charge is 2.23. The smallest absolute Gasteiger partial charge is 0.271 e. The summed E-state index contributed by atoms with van der Waals surface area (Å²) in [6, 6.07) is 0.0851. The van der Waals surface area contributed by atoms with Gasteiger partial charge in [-0.2, -0.15) is 5.10 Å². The molecule has 3 N–H and O–H groups in total. The second kappa shape index (κ2) is 4.75. The number of nitrogen functional groups attached to an aromatic ring is 1. The van der Waals surface area contributed by atoms with E-state index in [2.05, 4.69) is 10.4 Å². The number of ether oxygens (including phenoxy) is 1. The molecule has 0 bridgehead atoms. The molecule has 0 radical (unpaired) electrons. The molecule has 1 saturated heterocycles. The Morgan fingerprint density at radius 3 is 3.00 bits per heavy atom. The van der Waals surface area contributed by atoms with E-state index in [1.54, 1.807) is 11.7 Å². The van der Waals surface area contributed by atoms with Crippen molar-refractivity contribution >= 4 is 11.6 Å². The van der Waals surface area contributed by atoms with Crippen molar-refractivity contribution in [2.24, 2.45) is 7.05 Å². The maximum atomic E-state index is 12.1. The van der Waals surface area contributed by atoms with Crippen LogP contribution in [0.1, 0.15) is 29.5 Å². The third-order valence-corrected chi connectivity index (χ3v) is 2.98. The van der Waals surface area contributed by atoms with Crippen LogP contribution in [0, 0.1) is 0 Å². The molecule has 0 aliphatic carbocycles. The number of nitrogens with two attached hydrogens (primary N) is 1. The number of carbonyl (C=O) groups excluding carboxylic acids is 1. The number of anilines is 1. The number of carbonyl (C=O) groups is 1. The summed E-state index contributed by atoms with van der Waals surface area (Å²) in [6.45, 7) is 3.24. The van der Waals surface area contributed by atoms with Gasteiger partial charge in [-0.15, -0.1) is 0 Å². The van der Waals surface area contributed by atoms with Crippen LogP contribution in [0.5, 0.6) is 0 Å². The topological polar surface area (TPSA) is 82.2 Å². The van der Waals surface area contributed by atoms with Crippen molar-refractivity contribution in [1.82, 2.24) is 15.1 Å². The number of amides is 1. The van der Waals surface area contributed by atoms with Crippen molar-refractivity contribution in [1.29, 1.82) is 0 Å². The van der Waals surface area contributed by atoms with Crippen LogP contribution in [-0.2, 0) is 18.2 Å². The summed E-state index contributed by atoms with van der Waals surface area (Å²) in [5, 5.41) is 7.13. The molecular weight excluding hydrogens is 220 g/mol. The molecule has 6 heteroatoms. The third kappa shape index (κ3) is 2.26. The van der Waals surface area contributed by atoms with Gasteiger partial charge in [0.15, 0.2) is 0 Å². The molecule has 1 aliphatic rings. The van der Waals surface area contributed by atoms with Crippen molar-refractivity contribution in [2.75, 3.05) is 18.9 Å². The summed E-state index contributed by atoms with van der Waals surface area (Å²) in [4.78, 5) is 12.1. The van der Waals surface area contributed by atoms with Gasteiger partial charge >= 0.3 is 0 Å². The Hall–Kier alpha value is -1.56. The number of aryl methyl sites for hydroxylation is 2. The van der Waals surface area contributed by atoms with Gasteiger partial charge in [0, 0.05) is 13.7 Å². The van der Waals surface area contributed by atoms with Gasteiger partial charge in [-0.3, -0.25) is 9.48 Å². The van der Waals surface area contributed by atoms with Crippen LogP contribution in [0.2, 0.25) is 0 Å². The lowest BCUT2D eigenvalue weighted by atomic mass is 10.2. The summed E-state index contributed by atoms with van der Waals surface area (Å²) >= 11 is 0. The van der Waals surface area contributed by atoms with E-state index < -0.39 is 0 Å². The maximum Gasteiger partial charge on any atom is 0.271 e. The monoisotopic (exact) mass is 238 g/mol. The minimum Gasteiger partial charge on any atom is -0.395 e. The zero-order valence-corrected chi connectivity index (χ0v) is 10.2. The molecule has 94 valence electrons. The predicted molar refractivity (Wildman–Crippen MR) is 63.7 cm³/mol. The second-order valence-corrected chi connectivity index (χ2v) is 4.22. The first kappa shape index (κ1) is 11.9. The van der Waals surface area contributed by atoms with Gasteiger partial charge in [-0.05, 0) is 12.8 Å². The highest BCUT2D eigenvalue weighted by Crippen LogP contribution is 2.17. The molecule has 1 amide bonds. The zero-order chi connectivity index (χ0) is 12.4. The fraction of sp³-hybridized carbons (Fsp3) is 0.636. The van der Waals surface area contributed by atoms with Crippen LogP contribution >= 0.6 is 0 Å². The lowest BCUT2D eigenvalue weighted by molar-refractivity contribution is 0.0921. The standard InChI is InChI=1S/C11H18N4O2/c1-3-8-9(12)10(15(2)14-8)11(16)13-7-4-5-17-6-7/h7H,3-6,12H2,1-2H3,(H,13,16). The van der Waals surface area contributed by atoms with Crippen LogP contribution in [0.3, 0.4) is 0 Å². The summed E-state index contributed by atoms with van der Waals surface area (Å²) in [5.41, 5.74) is 7.60. The van der Waals surface area contributed by atoms with Gasteiger partial charge in [-0.1, -0.05) is 6.92 Å². The summed E-state index contributed by atoms with van der Waals surface area (Å²) < 4.78 is 6.75. The number of nitrogens with zero attached hydrogens (tertiary/aromatic N) is 2. The van der Waals surface area contributed by atoms with E-state index in [1.165, 1.54) is 0 Å². The summed E-state index contributed by atoms with van der Waals surface area (Å²) in [5.74, 6) is -0.173. The molecule has 0 saturated carbocycles. The van der Waals surface area contributed by atoms with Crippen molar-refractivity contribution in [3.8, 4) is 0 Å². The number of hydrogen-bond acceptors (Lipinski definition) is 4. The molecular formula is C11H18N4O2. The van der Waals surface area contributed by atoms with Crippen LogP contribution in [0.4, 0.5) is 5.69 Å². The van der Waals surface area contributed by atoms with E-state index in [0.717, 1.165) is 18.5 Å². The molecule has 1 aliphatic heterocycles. The highest BCUT2D eigenvalue weighted by molar-refractivity contribution is 5.98. The molecule has 1 aromatic rings. The van der Waals surface area contributed by atoms with Crippen molar-refractivity contribution < 1.29 is 9.53 Å². The first-order chi connectivity index (χ1) is 8.13. The molecule has 0 aromatic carbocycles. The Morgan fingerprint density at radius 2 is 2.47 bits per heavy atom. The van der Waals surface area contributed by atoms with E-state index in [0.29, 0.717) is 24.6 Å². The van der Waals surface area contributed by atoms with Gasteiger partial charge in [0.25, 0.3) is 5.91 Å².